The van der Waals surface area contributed by atoms with Crippen molar-refractivity contribution in [1.82, 2.24) is 0 Å². The van der Waals surface area contributed by atoms with E-state index in [1.54, 1.807) is 0 Å². The van der Waals surface area contributed by atoms with E-state index in [0.29, 0.717) is 0 Å². The van der Waals surface area contributed by atoms with Crippen molar-refractivity contribution < 1.29 is 0 Å². The normalized spacial score (nSPS) is 17.9. The summed E-state index contributed by atoms with van der Waals surface area (Å²) in [5, 5.41) is 0. The third-order valence-corrected chi connectivity index (χ3v) is 2.53. The Balaban J connectivity index is 2.08. The lowest BCUT2D eigenvalue weighted by molar-refractivity contribution is 0.657. The molecule has 0 bridgehead atoms. The minimum Gasteiger partial charge on any atom is -0.294 e. The first-order valence-corrected chi connectivity index (χ1v) is 5.45. The van der Waals surface area contributed by atoms with E-state index in [2.05, 4.69) is 11.9 Å². The molecule has 0 atom stereocenters. The van der Waals surface area contributed by atoms with E-state index in [1.165, 1.54) is 57.1 Å². The summed E-state index contributed by atoms with van der Waals surface area (Å²) >= 11 is 0. The first-order valence-electron chi connectivity index (χ1n) is 5.45. The van der Waals surface area contributed by atoms with E-state index in [9.17, 15) is 0 Å². The van der Waals surface area contributed by atoms with Gasteiger partial charge in [0.25, 0.3) is 0 Å². The summed E-state index contributed by atoms with van der Waals surface area (Å²) in [5.41, 5.74) is 1.50. The van der Waals surface area contributed by atoms with Crippen LogP contribution >= 0.6 is 0 Å². The lowest BCUT2D eigenvalue weighted by Gasteiger charge is -2.11. The Hall–Kier alpha value is -0.330. The van der Waals surface area contributed by atoms with Crippen molar-refractivity contribution in [3.8, 4) is 0 Å². The van der Waals surface area contributed by atoms with Crippen LogP contribution in [0, 0.1) is 0 Å². The summed E-state index contributed by atoms with van der Waals surface area (Å²) in [6, 6.07) is 0. The number of hydrogen-bond acceptors (Lipinski definition) is 1. The van der Waals surface area contributed by atoms with E-state index in [0.717, 1.165) is 6.54 Å². The van der Waals surface area contributed by atoms with Crippen molar-refractivity contribution in [3.63, 3.8) is 0 Å². The average molecular weight is 167 g/mol. The van der Waals surface area contributed by atoms with Gasteiger partial charge in [-0.1, -0.05) is 26.2 Å². The largest absolute Gasteiger partial charge is 0.294 e. The first kappa shape index (κ1) is 9.76. The second kappa shape index (κ2) is 6.22. The standard InChI is InChI=1S/C11H21N/c1-2-3-7-10-12-11-8-5-4-6-9-11/h2-10H2,1H3. The third kappa shape index (κ3) is 3.89. The minimum atomic E-state index is 1.09. The molecule has 0 N–H and O–H groups in total. The Morgan fingerprint density at radius 3 is 2.50 bits per heavy atom. The molecular formula is C11H21N. The fourth-order valence-corrected chi connectivity index (χ4v) is 1.72. The topological polar surface area (TPSA) is 12.4 Å². The van der Waals surface area contributed by atoms with Gasteiger partial charge in [-0.3, -0.25) is 4.99 Å². The summed E-state index contributed by atoms with van der Waals surface area (Å²) in [5.74, 6) is 0. The van der Waals surface area contributed by atoms with Gasteiger partial charge in [0.1, 0.15) is 0 Å². The molecule has 0 aromatic heterocycles. The second-order valence-electron chi connectivity index (χ2n) is 3.72. The number of hydrogen-bond donors (Lipinski definition) is 0. The van der Waals surface area contributed by atoms with Crippen molar-refractivity contribution >= 4 is 5.71 Å². The van der Waals surface area contributed by atoms with Crippen molar-refractivity contribution in [3.05, 3.63) is 0 Å². The molecule has 1 saturated carbocycles. The molecule has 0 aromatic carbocycles. The maximum atomic E-state index is 4.64. The molecule has 12 heavy (non-hydrogen) atoms. The van der Waals surface area contributed by atoms with E-state index in [-0.39, 0.29) is 0 Å². The Morgan fingerprint density at radius 1 is 1.08 bits per heavy atom. The van der Waals surface area contributed by atoms with Crippen LogP contribution in [0.1, 0.15) is 58.3 Å². The van der Waals surface area contributed by atoms with Crippen molar-refractivity contribution in [2.75, 3.05) is 6.54 Å². The predicted octanol–water partition coefficient (Wildman–Crippen LogP) is 3.58. The molecule has 1 fully saturated rings. The molecule has 0 spiro atoms. The quantitative estimate of drug-likeness (QED) is 0.567. The molecular weight excluding hydrogens is 146 g/mol. The fourth-order valence-electron chi connectivity index (χ4n) is 1.72. The van der Waals surface area contributed by atoms with E-state index in [4.69, 9.17) is 0 Å². The highest BCUT2D eigenvalue weighted by Crippen LogP contribution is 2.14. The van der Waals surface area contributed by atoms with Gasteiger partial charge in [0.2, 0.25) is 0 Å². The Kier molecular flexibility index (Phi) is 5.05. The predicted molar refractivity (Wildman–Crippen MR) is 54.9 cm³/mol. The van der Waals surface area contributed by atoms with Crippen LogP contribution in [0.15, 0.2) is 4.99 Å². The zero-order valence-electron chi connectivity index (χ0n) is 8.31. The van der Waals surface area contributed by atoms with Gasteiger partial charge in [0.05, 0.1) is 0 Å². The van der Waals surface area contributed by atoms with Crippen LogP contribution < -0.4 is 0 Å². The monoisotopic (exact) mass is 167 g/mol. The maximum Gasteiger partial charge on any atom is 0.0388 e. The highest BCUT2D eigenvalue weighted by atomic mass is 14.7. The lowest BCUT2D eigenvalue weighted by atomic mass is 9.98. The van der Waals surface area contributed by atoms with Gasteiger partial charge in [-0.15, -0.1) is 0 Å². The van der Waals surface area contributed by atoms with E-state index < -0.39 is 0 Å². The van der Waals surface area contributed by atoms with Gasteiger partial charge in [-0.25, -0.2) is 0 Å². The summed E-state index contributed by atoms with van der Waals surface area (Å²) in [7, 11) is 0. The number of aliphatic imine (C=N–C) groups is 1. The highest BCUT2D eigenvalue weighted by Gasteiger charge is 2.05. The SMILES string of the molecule is CCCCCN=C1CCCCC1. The van der Waals surface area contributed by atoms with Crippen molar-refractivity contribution in [1.29, 1.82) is 0 Å². The molecule has 0 unspecified atom stereocenters. The van der Waals surface area contributed by atoms with E-state index in [1.807, 2.05) is 0 Å². The van der Waals surface area contributed by atoms with Gasteiger partial charge >= 0.3 is 0 Å². The zero-order valence-corrected chi connectivity index (χ0v) is 8.31. The minimum absolute atomic E-state index is 1.09. The molecule has 1 heteroatoms. The molecule has 0 heterocycles. The number of rotatable bonds is 4. The Morgan fingerprint density at radius 2 is 1.83 bits per heavy atom. The lowest BCUT2D eigenvalue weighted by Crippen LogP contribution is -2.05. The molecule has 0 saturated heterocycles. The van der Waals surface area contributed by atoms with Gasteiger partial charge in [-0.05, 0) is 32.1 Å². The average Bonchev–Trinajstić information content (AvgIpc) is 2.14. The summed E-state index contributed by atoms with van der Waals surface area (Å²) in [6.07, 6.45) is 10.7. The zero-order chi connectivity index (χ0) is 8.65. The smallest absolute Gasteiger partial charge is 0.0388 e. The van der Waals surface area contributed by atoms with Gasteiger partial charge in [0, 0.05) is 12.3 Å². The summed E-state index contributed by atoms with van der Waals surface area (Å²) in [4.78, 5) is 4.64. The Labute approximate surface area is 76.3 Å². The summed E-state index contributed by atoms with van der Waals surface area (Å²) < 4.78 is 0. The first-order chi connectivity index (χ1) is 5.93. The molecule has 0 aromatic rings. The fraction of sp³-hybridized carbons (Fsp3) is 0.909. The number of nitrogens with zero attached hydrogens (tertiary/aromatic N) is 1. The van der Waals surface area contributed by atoms with Crippen molar-refractivity contribution in [2.45, 2.75) is 58.3 Å². The van der Waals surface area contributed by atoms with E-state index >= 15 is 0 Å². The maximum absolute atomic E-state index is 4.64. The Bertz CT molecular complexity index is 130. The van der Waals surface area contributed by atoms with Crippen LogP contribution in [-0.2, 0) is 0 Å². The van der Waals surface area contributed by atoms with Crippen LogP contribution in [0.25, 0.3) is 0 Å². The second-order valence-corrected chi connectivity index (χ2v) is 3.72. The highest BCUT2D eigenvalue weighted by molar-refractivity contribution is 5.84. The van der Waals surface area contributed by atoms with Crippen LogP contribution in [0.3, 0.4) is 0 Å². The van der Waals surface area contributed by atoms with Crippen LogP contribution in [0.4, 0.5) is 0 Å². The van der Waals surface area contributed by atoms with Gasteiger partial charge < -0.3 is 0 Å². The molecule has 0 amide bonds. The third-order valence-electron chi connectivity index (χ3n) is 2.53. The molecule has 0 radical (unpaired) electrons. The summed E-state index contributed by atoms with van der Waals surface area (Å²) in [6.45, 7) is 3.33. The van der Waals surface area contributed by atoms with Crippen LogP contribution in [0.2, 0.25) is 0 Å². The van der Waals surface area contributed by atoms with Gasteiger partial charge in [0.15, 0.2) is 0 Å². The molecule has 1 aliphatic rings. The molecule has 0 aliphatic heterocycles. The van der Waals surface area contributed by atoms with Crippen LogP contribution in [-0.4, -0.2) is 12.3 Å². The molecule has 70 valence electrons. The molecule has 1 aliphatic carbocycles. The number of unbranched alkanes of at least 4 members (excludes halogenated alkanes) is 2. The van der Waals surface area contributed by atoms with Gasteiger partial charge in [-0.2, -0.15) is 0 Å². The van der Waals surface area contributed by atoms with Crippen molar-refractivity contribution in [2.24, 2.45) is 4.99 Å². The molecule has 1 rings (SSSR count). The molecule has 1 nitrogen and oxygen atoms in total. The van der Waals surface area contributed by atoms with Crippen LogP contribution in [0.5, 0.6) is 0 Å².